The van der Waals surface area contributed by atoms with Gasteiger partial charge in [-0.15, -0.1) is 0 Å². The van der Waals surface area contributed by atoms with Crippen LogP contribution in [-0.2, 0) is 14.3 Å². The predicted octanol–water partition coefficient (Wildman–Crippen LogP) is 3.27. The fourth-order valence-electron chi connectivity index (χ4n) is 2.58. The van der Waals surface area contributed by atoms with Crippen molar-refractivity contribution in [1.29, 1.82) is 0 Å². The van der Waals surface area contributed by atoms with E-state index in [0.29, 0.717) is 21.9 Å². The third-order valence-electron chi connectivity index (χ3n) is 3.63. The summed E-state index contributed by atoms with van der Waals surface area (Å²) in [5.74, 6) is -0.460. The quantitative estimate of drug-likeness (QED) is 0.621. The largest absolute Gasteiger partial charge is 0.481 e. The average molecular weight is 305 g/mol. The maximum atomic E-state index is 12.5. The van der Waals surface area contributed by atoms with E-state index in [0.717, 1.165) is 0 Å². The minimum atomic E-state index is -0.542. The van der Waals surface area contributed by atoms with E-state index in [1.54, 1.807) is 44.2 Å². The van der Waals surface area contributed by atoms with Crippen molar-refractivity contribution in [2.24, 2.45) is 5.92 Å². The number of ether oxygens (including phenoxy) is 2. The molecule has 4 nitrogen and oxygen atoms in total. The molecule has 0 amide bonds. The van der Waals surface area contributed by atoms with E-state index >= 15 is 0 Å². The van der Waals surface area contributed by atoms with E-state index in [9.17, 15) is 9.59 Å². The highest BCUT2D eigenvalue weighted by molar-refractivity contribution is 6.30. The van der Waals surface area contributed by atoms with Gasteiger partial charge in [0.25, 0.3) is 0 Å². The number of ketones is 1. The first-order chi connectivity index (χ1) is 9.97. The van der Waals surface area contributed by atoms with Crippen LogP contribution in [0.1, 0.15) is 24.2 Å². The monoisotopic (exact) mass is 304 g/mol. The second kappa shape index (κ2) is 5.04. The SMILES string of the molecule is CC1=C[C@H]2OC(C(=O)c3ccc(Cl)cc3)=C(C)[C@@H]2C(=O)O1. The van der Waals surface area contributed by atoms with Crippen LogP contribution in [0.3, 0.4) is 0 Å². The van der Waals surface area contributed by atoms with Gasteiger partial charge in [0.15, 0.2) is 5.76 Å². The zero-order chi connectivity index (χ0) is 15.1. The number of hydrogen-bond donors (Lipinski definition) is 0. The summed E-state index contributed by atoms with van der Waals surface area (Å²) in [6.45, 7) is 3.41. The smallest absolute Gasteiger partial charge is 0.322 e. The summed E-state index contributed by atoms with van der Waals surface area (Å²) < 4.78 is 10.8. The van der Waals surface area contributed by atoms with Crippen molar-refractivity contribution in [2.45, 2.75) is 20.0 Å². The Bertz CT molecular complexity index is 685. The third kappa shape index (κ3) is 2.36. The van der Waals surface area contributed by atoms with Crippen molar-refractivity contribution in [3.8, 4) is 0 Å². The Balaban J connectivity index is 1.94. The second-order valence-electron chi connectivity index (χ2n) is 5.11. The molecule has 2 heterocycles. The van der Waals surface area contributed by atoms with Gasteiger partial charge in [-0.1, -0.05) is 11.6 Å². The number of rotatable bonds is 2. The summed E-state index contributed by atoms with van der Waals surface area (Å²) in [5, 5.41) is 0.556. The van der Waals surface area contributed by atoms with Gasteiger partial charge < -0.3 is 9.47 Å². The first-order valence-corrected chi connectivity index (χ1v) is 6.93. The molecule has 0 N–H and O–H groups in total. The number of halogens is 1. The molecular formula is C16H13ClO4. The lowest BCUT2D eigenvalue weighted by molar-refractivity contribution is -0.146. The standard InChI is InChI=1S/C16H13ClO4/c1-8-7-12-13(16(19)20-8)9(2)15(21-12)14(18)10-3-5-11(17)6-4-10/h3-7,12-13H,1-2H3/t12-,13+/m1/s1. The normalized spacial score (nSPS) is 24.1. The van der Waals surface area contributed by atoms with Crippen LogP contribution in [0.5, 0.6) is 0 Å². The van der Waals surface area contributed by atoms with Crippen LogP contribution in [-0.4, -0.2) is 17.9 Å². The van der Waals surface area contributed by atoms with Crippen molar-refractivity contribution in [3.05, 3.63) is 58.0 Å². The van der Waals surface area contributed by atoms with Crippen molar-refractivity contribution in [1.82, 2.24) is 0 Å². The summed E-state index contributed by atoms with van der Waals surface area (Å²) in [6, 6.07) is 6.56. The summed E-state index contributed by atoms with van der Waals surface area (Å²) >= 11 is 5.82. The Labute approximate surface area is 127 Å². The molecule has 0 saturated heterocycles. The van der Waals surface area contributed by atoms with Crippen LogP contribution in [0.2, 0.25) is 5.02 Å². The van der Waals surface area contributed by atoms with Crippen molar-refractivity contribution >= 4 is 23.4 Å². The number of cyclic esters (lactones) is 1. The van der Waals surface area contributed by atoms with Crippen molar-refractivity contribution in [3.63, 3.8) is 0 Å². The van der Waals surface area contributed by atoms with Gasteiger partial charge in [0.1, 0.15) is 17.8 Å². The summed E-state index contributed by atoms with van der Waals surface area (Å²) in [7, 11) is 0. The van der Waals surface area contributed by atoms with Crippen molar-refractivity contribution in [2.75, 3.05) is 0 Å². The number of carbonyl (C=O) groups is 2. The van der Waals surface area contributed by atoms with Gasteiger partial charge >= 0.3 is 5.97 Å². The number of allylic oxidation sites excluding steroid dienone is 2. The molecule has 0 unspecified atom stereocenters. The molecule has 5 heteroatoms. The van der Waals surface area contributed by atoms with E-state index in [1.165, 1.54) is 0 Å². The van der Waals surface area contributed by atoms with Gasteiger partial charge in [-0.25, -0.2) is 0 Å². The van der Waals surface area contributed by atoms with Crippen LogP contribution in [0.25, 0.3) is 0 Å². The van der Waals surface area contributed by atoms with Gasteiger partial charge in [0.2, 0.25) is 5.78 Å². The molecule has 1 aromatic carbocycles. The molecule has 0 fully saturated rings. The van der Waals surface area contributed by atoms with Crippen molar-refractivity contribution < 1.29 is 19.1 Å². The van der Waals surface area contributed by atoms with E-state index in [-0.39, 0.29) is 17.5 Å². The summed E-state index contributed by atoms with van der Waals surface area (Å²) in [5.41, 5.74) is 1.08. The van der Waals surface area contributed by atoms with Gasteiger partial charge in [-0.3, -0.25) is 9.59 Å². The number of hydrogen-bond acceptors (Lipinski definition) is 4. The van der Waals surface area contributed by atoms with Gasteiger partial charge in [-0.2, -0.15) is 0 Å². The highest BCUT2D eigenvalue weighted by atomic mass is 35.5. The number of esters is 1. The summed E-state index contributed by atoms with van der Waals surface area (Å²) in [6.07, 6.45) is 1.26. The Kier molecular flexibility index (Phi) is 3.33. The van der Waals surface area contributed by atoms with E-state index < -0.39 is 12.0 Å². The van der Waals surface area contributed by atoms with E-state index in [1.807, 2.05) is 0 Å². The minimum absolute atomic E-state index is 0.218. The zero-order valence-electron chi connectivity index (χ0n) is 11.6. The lowest BCUT2D eigenvalue weighted by Crippen LogP contribution is -2.30. The van der Waals surface area contributed by atoms with E-state index in [2.05, 4.69) is 0 Å². The molecule has 2 atom stereocenters. The van der Waals surface area contributed by atoms with Crippen LogP contribution < -0.4 is 0 Å². The molecule has 1 aromatic rings. The molecule has 0 aromatic heterocycles. The number of fused-ring (bicyclic) bond motifs is 1. The first-order valence-electron chi connectivity index (χ1n) is 6.55. The third-order valence-corrected chi connectivity index (χ3v) is 3.89. The Morgan fingerprint density at radius 3 is 2.52 bits per heavy atom. The second-order valence-corrected chi connectivity index (χ2v) is 5.54. The van der Waals surface area contributed by atoms with Gasteiger partial charge in [-0.05, 0) is 49.8 Å². The number of Topliss-reactive ketones (excluding diaryl/α,β-unsaturated/α-hetero) is 1. The number of carbonyl (C=O) groups excluding carboxylic acids is 2. The molecular weight excluding hydrogens is 292 g/mol. The molecule has 108 valence electrons. The molecule has 2 aliphatic heterocycles. The highest BCUT2D eigenvalue weighted by Gasteiger charge is 2.44. The molecule has 21 heavy (non-hydrogen) atoms. The lowest BCUT2D eigenvalue weighted by Gasteiger charge is -2.21. The van der Waals surface area contributed by atoms with Crippen LogP contribution in [0, 0.1) is 5.92 Å². The average Bonchev–Trinajstić information content (AvgIpc) is 2.76. The van der Waals surface area contributed by atoms with Crippen LogP contribution in [0.15, 0.2) is 47.4 Å². The Hall–Kier alpha value is -2.07. The minimum Gasteiger partial charge on any atom is -0.481 e. The zero-order valence-corrected chi connectivity index (χ0v) is 12.3. The molecule has 2 aliphatic rings. The topological polar surface area (TPSA) is 52.6 Å². The predicted molar refractivity (Wildman–Crippen MR) is 76.7 cm³/mol. The number of benzene rings is 1. The molecule has 0 aliphatic carbocycles. The van der Waals surface area contributed by atoms with Gasteiger partial charge in [0, 0.05) is 10.6 Å². The first kappa shape index (κ1) is 13.9. The van der Waals surface area contributed by atoms with Crippen LogP contribution in [0.4, 0.5) is 0 Å². The van der Waals surface area contributed by atoms with E-state index in [4.69, 9.17) is 21.1 Å². The molecule has 3 rings (SSSR count). The summed E-state index contributed by atoms with van der Waals surface area (Å²) in [4.78, 5) is 24.4. The molecule has 0 saturated carbocycles. The lowest BCUT2D eigenvalue weighted by atomic mass is 9.93. The highest BCUT2D eigenvalue weighted by Crippen LogP contribution is 2.37. The van der Waals surface area contributed by atoms with Crippen LogP contribution >= 0.6 is 11.6 Å². The van der Waals surface area contributed by atoms with Gasteiger partial charge in [0.05, 0.1) is 0 Å². The maximum Gasteiger partial charge on any atom is 0.322 e. The maximum absolute atomic E-state index is 12.5. The Morgan fingerprint density at radius 2 is 1.86 bits per heavy atom. The fraction of sp³-hybridized carbons (Fsp3) is 0.250. The fourth-order valence-corrected chi connectivity index (χ4v) is 2.70. The molecule has 0 spiro atoms. The molecule has 0 radical (unpaired) electrons. The Morgan fingerprint density at radius 1 is 1.19 bits per heavy atom. The molecule has 0 bridgehead atoms.